The Balaban J connectivity index is 2.51. The lowest BCUT2D eigenvalue weighted by molar-refractivity contribution is 0.404. The van der Waals surface area contributed by atoms with Gasteiger partial charge in [0.15, 0.2) is 0 Å². The third kappa shape index (κ3) is 3.39. The monoisotopic (exact) mass is 315 g/mol. The summed E-state index contributed by atoms with van der Waals surface area (Å²) >= 11 is 1.33. The van der Waals surface area contributed by atoms with Crippen molar-refractivity contribution in [3.05, 3.63) is 51.5 Å². The van der Waals surface area contributed by atoms with Crippen LogP contribution in [-0.4, -0.2) is 13.7 Å². The molecule has 0 radical (unpaired) electrons. The van der Waals surface area contributed by atoms with Gasteiger partial charge in [0.25, 0.3) is 0 Å². The van der Waals surface area contributed by atoms with Gasteiger partial charge in [0.2, 0.25) is 0 Å². The molecule has 0 spiro atoms. The van der Waals surface area contributed by atoms with Gasteiger partial charge in [-0.25, -0.2) is 13.2 Å². The van der Waals surface area contributed by atoms with E-state index in [1.165, 1.54) is 18.4 Å². The number of hydrogen-bond acceptors (Lipinski definition) is 3. The quantitative estimate of drug-likeness (QED) is 0.860. The van der Waals surface area contributed by atoms with Crippen molar-refractivity contribution >= 4 is 11.3 Å². The van der Waals surface area contributed by atoms with Crippen LogP contribution in [0, 0.1) is 17.5 Å². The summed E-state index contributed by atoms with van der Waals surface area (Å²) in [5, 5.41) is 4.88. The first-order valence-corrected chi connectivity index (χ1v) is 7.45. The smallest absolute Gasteiger partial charge is 0.134 e. The van der Waals surface area contributed by atoms with Crippen LogP contribution in [0.1, 0.15) is 29.8 Å². The second-order valence-electron chi connectivity index (χ2n) is 4.52. The molecule has 21 heavy (non-hydrogen) atoms. The molecule has 1 aromatic carbocycles. The third-order valence-corrected chi connectivity index (χ3v) is 4.03. The fourth-order valence-corrected chi connectivity index (χ4v) is 3.07. The maximum atomic E-state index is 14.1. The Morgan fingerprint density at radius 2 is 1.90 bits per heavy atom. The molecule has 0 aliphatic carbocycles. The van der Waals surface area contributed by atoms with Crippen LogP contribution in [0.4, 0.5) is 13.2 Å². The van der Waals surface area contributed by atoms with Crippen LogP contribution in [0.15, 0.2) is 23.6 Å². The van der Waals surface area contributed by atoms with Crippen LogP contribution in [0.3, 0.4) is 0 Å². The average molecular weight is 315 g/mol. The highest BCUT2D eigenvalue weighted by atomic mass is 32.1. The summed E-state index contributed by atoms with van der Waals surface area (Å²) in [6.07, 6.45) is 0.800. The van der Waals surface area contributed by atoms with E-state index in [9.17, 15) is 13.2 Å². The molecule has 0 aliphatic heterocycles. The van der Waals surface area contributed by atoms with E-state index in [0.29, 0.717) is 29.3 Å². The second kappa shape index (κ2) is 6.95. The van der Waals surface area contributed by atoms with E-state index in [1.54, 1.807) is 11.4 Å². The number of methoxy groups -OCH3 is 1. The molecule has 114 valence electrons. The molecular formula is C15H16F3NOS. The van der Waals surface area contributed by atoms with Gasteiger partial charge < -0.3 is 10.1 Å². The molecule has 0 aliphatic rings. The molecule has 1 unspecified atom stereocenters. The SMILES string of the molecule is CCCNC(c1sccc1OC)c1c(F)cc(F)cc1F. The lowest BCUT2D eigenvalue weighted by Gasteiger charge is -2.20. The van der Waals surface area contributed by atoms with E-state index in [-0.39, 0.29) is 5.56 Å². The number of benzene rings is 1. The van der Waals surface area contributed by atoms with Crippen molar-refractivity contribution in [3.63, 3.8) is 0 Å². The minimum atomic E-state index is -0.930. The first kappa shape index (κ1) is 15.9. The predicted molar refractivity (Wildman–Crippen MR) is 77.3 cm³/mol. The van der Waals surface area contributed by atoms with Crippen molar-refractivity contribution in [1.82, 2.24) is 5.32 Å². The molecule has 2 rings (SSSR count). The van der Waals surface area contributed by atoms with Gasteiger partial charge in [-0.3, -0.25) is 0 Å². The summed E-state index contributed by atoms with van der Waals surface area (Å²) in [4.78, 5) is 0.662. The minimum absolute atomic E-state index is 0.189. The molecular weight excluding hydrogens is 299 g/mol. The Morgan fingerprint density at radius 1 is 1.24 bits per heavy atom. The highest BCUT2D eigenvalue weighted by molar-refractivity contribution is 7.10. The molecule has 6 heteroatoms. The molecule has 1 aromatic heterocycles. The topological polar surface area (TPSA) is 21.3 Å². The molecule has 2 aromatic rings. The Bertz CT molecular complexity index is 592. The molecule has 1 N–H and O–H groups in total. The average Bonchev–Trinajstić information content (AvgIpc) is 2.89. The normalized spacial score (nSPS) is 12.4. The first-order chi connectivity index (χ1) is 10.1. The number of thiophene rings is 1. The molecule has 2 nitrogen and oxygen atoms in total. The van der Waals surface area contributed by atoms with E-state index >= 15 is 0 Å². The number of nitrogens with one attached hydrogen (secondary N) is 1. The van der Waals surface area contributed by atoms with Gasteiger partial charge in [0.05, 0.1) is 18.0 Å². The van der Waals surface area contributed by atoms with Gasteiger partial charge in [-0.1, -0.05) is 6.92 Å². The molecule has 0 fully saturated rings. The summed E-state index contributed by atoms with van der Waals surface area (Å²) in [6.45, 7) is 2.52. The Labute approximate surface area is 125 Å². The molecule has 1 heterocycles. The third-order valence-electron chi connectivity index (χ3n) is 3.07. The van der Waals surface area contributed by atoms with Crippen LogP contribution in [0.25, 0.3) is 0 Å². The summed E-state index contributed by atoms with van der Waals surface area (Å²) in [7, 11) is 1.50. The number of rotatable bonds is 6. The van der Waals surface area contributed by atoms with Crippen LogP contribution < -0.4 is 10.1 Å². The molecule has 0 saturated carbocycles. The Morgan fingerprint density at radius 3 is 2.48 bits per heavy atom. The maximum absolute atomic E-state index is 14.1. The van der Waals surface area contributed by atoms with Crippen LogP contribution >= 0.6 is 11.3 Å². The summed E-state index contributed by atoms with van der Waals surface area (Å²) in [6, 6.07) is 2.42. The molecule has 0 saturated heterocycles. The fraction of sp³-hybridized carbons (Fsp3) is 0.333. The van der Waals surface area contributed by atoms with Crippen molar-refractivity contribution in [2.75, 3.05) is 13.7 Å². The van der Waals surface area contributed by atoms with Crippen molar-refractivity contribution in [2.45, 2.75) is 19.4 Å². The van der Waals surface area contributed by atoms with E-state index in [0.717, 1.165) is 6.42 Å². The summed E-state index contributed by atoms with van der Waals surface area (Å²) < 4.78 is 46.4. The van der Waals surface area contributed by atoms with Gasteiger partial charge in [-0.15, -0.1) is 11.3 Å². The fourth-order valence-electron chi connectivity index (χ4n) is 2.13. The predicted octanol–water partition coefficient (Wildman–Crippen LogP) is 4.26. The van der Waals surface area contributed by atoms with Crippen LogP contribution in [0.2, 0.25) is 0 Å². The van der Waals surface area contributed by atoms with Crippen molar-refractivity contribution in [2.24, 2.45) is 0 Å². The van der Waals surface area contributed by atoms with Gasteiger partial charge in [0.1, 0.15) is 23.2 Å². The highest BCUT2D eigenvalue weighted by Gasteiger charge is 2.26. The van der Waals surface area contributed by atoms with Crippen molar-refractivity contribution < 1.29 is 17.9 Å². The first-order valence-electron chi connectivity index (χ1n) is 6.57. The highest BCUT2D eigenvalue weighted by Crippen LogP contribution is 2.37. The largest absolute Gasteiger partial charge is 0.496 e. The zero-order valence-corrected chi connectivity index (χ0v) is 12.6. The molecule has 1 atom stereocenters. The van der Waals surface area contributed by atoms with Crippen LogP contribution in [0.5, 0.6) is 5.75 Å². The van der Waals surface area contributed by atoms with E-state index in [4.69, 9.17) is 4.74 Å². The number of ether oxygens (including phenoxy) is 1. The van der Waals surface area contributed by atoms with E-state index in [2.05, 4.69) is 5.32 Å². The zero-order valence-electron chi connectivity index (χ0n) is 11.8. The zero-order chi connectivity index (χ0) is 15.4. The van der Waals surface area contributed by atoms with E-state index in [1.807, 2.05) is 6.92 Å². The maximum Gasteiger partial charge on any atom is 0.134 e. The number of hydrogen-bond donors (Lipinski definition) is 1. The Kier molecular flexibility index (Phi) is 5.25. The summed E-state index contributed by atoms with van der Waals surface area (Å²) in [5.41, 5.74) is -0.189. The standard InChI is InChI=1S/C15H16F3NOS/c1-3-5-19-14(15-12(20-2)4-6-21-15)13-10(17)7-9(16)8-11(13)18/h4,6-8,14,19H,3,5H2,1-2H3. The lowest BCUT2D eigenvalue weighted by Crippen LogP contribution is -2.25. The number of halogens is 3. The molecule has 0 amide bonds. The Hall–Kier alpha value is -1.53. The van der Waals surface area contributed by atoms with Crippen molar-refractivity contribution in [1.29, 1.82) is 0 Å². The van der Waals surface area contributed by atoms with E-state index < -0.39 is 23.5 Å². The summed E-state index contributed by atoms with van der Waals surface area (Å²) in [5.74, 6) is -2.19. The van der Waals surface area contributed by atoms with Crippen LogP contribution in [-0.2, 0) is 0 Å². The molecule has 0 bridgehead atoms. The minimum Gasteiger partial charge on any atom is -0.496 e. The van der Waals surface area contributed by atoms with Gasteiger partial charge in [0, 0.05) is 17.7 Å². The van der Waals surface area contributed by atoms with Gasteiger partial charge in [-0.05, 0) is 24.4 Å². The second-order valence-corrected chi connectivity index (χ2v) is 5.47. The van der Waals surface area contributed by atoms with Crippen molar-refractivity contribution in [3.8, 4) is 5.75 Å². The lowest BCUT2D eigenvalue weighted by atomic mass is 10.0. The van der Waals surface area contributed by atoms with Gasteiger partial charge >= 0.3 is 0 Å². The van der Waals surface area contributed by atoms with Gasteiger partial charge in [-0.2, -0.15) is 0 Å².